The van der Waals surface area contributed by atoms with Gasteiger partial charge in [-0.25, -0.2) is 4.39 Å². The number of ketones is 1. The number of carbonyl (C=O) groups excluding carboxylic acids is 1. The number of carbonyl (C=O) groups is 1. The van der Waals surface area contributed by atoms with Gasteiger partial charge in [0.05, 0.1) is 22.0 Å². The molecule has 0 bridgehead atoms. The Kier molecular flexibility index (Phi) is 6.02. The van der Waals surface area contributed by atoms with E-state index in [1.807, 2.05) is 48.5 Å². The summed E-state index contributed by atoms with van der Waals surface area (Å²) in [6, 6.07) is 32.0. The number of nitrogens with one attached hydrogen (secondary N) is 2. The van der Waals surface area contributed by atoms with Crippen molar-refractivity contribution in [1.82, 2.24) is 9.55 Å². The average Bonchev–Trinajstić information content (AvgIpc) is 3.54. The number of hydrogen-bond acceptors (Lipinski definition) is 2. The second kappa shape index (κ2) is 9.85. The van der Waals surface area contributed by atoms with Crippen LogP contribution in [0.25, 0.3) is 44.5 Å². The Hall–Kier alpha value is -4.61. The van der Waals surface area contributed by atoms with E-state index in [-0.39, 0.29) is 11.6 Å². The molecule has 0 aliphatic carbocycles. The molecule has 4 aromatic carbocycles. The Balaban J connectivity index is 1.65. The van der Waals surface area contributed by atoms with Crippen molar-refractivity contribution >= 4 is 34.1 Å². The van der Waals surface area contributed by atoms with Crippen molar-refractivity contribution in [3.05, 3.63) is 125 Å². The molecule has 0 fully saturated rings. The molecule has 196 valence electrons. The highest BCUT2D eigenvalue weighted by molar-refractivity contribution is 6.36. The smallest absolute Gasteiger partial charge is 0.198 e. The predicted octanol–water partition coefficient (Wildman–Crippen LogP) is 8.81. The molecule has 2 aromatic heterocycles. The van der Waals surface area contributed by atoms with Crippen molar-refractivity contribution < 1.29 is 9.18 Å². The maximum atomic E-state index is 14.5. The number of fused-ring (bicyclic) bond motifs is 2. The van der Waals surface area contributed by atoms with Crippen LogP contribution in [-0.4, -0.2) is 21.9 Å². The van der Waals surface area contributed by atoms with E-state index in [2.05, 4.69) is 33.1 Å². The van der Waals surface area contributed by atoms with Gasteiger partial charge >= 0.3 is 0 Å². The molecule has 1 aliphatic rings. The van der Waals surface area contributed by atoms with Gasteiger partial charge in [0.25, 0.3) is 0 Å². The molecule has 4 nitrogen and oxygen atoms in total. The zero-order chi connectivity index (χ0) is 27.2. The monoisotopic (exact) mass is 545 g/mol. The second-order valence-electron chi connectivity index (χ2n) is 9.98. The van der Waals surface area contributed by atoms with Crippen molar-refractivity contribution in [2.24, 2.45) is 0 Å². The van der Waals surface area contributed by atoms with Gasteiger partial charge in [0, 0.05) is 40.7 Å². The largest absolute Gasteiger partial charge is 0.371 e. The van der Waals surface area contributed by atoms with Gasteiger partial charge in [-0.05, 0) is 60.0 Å². The van der Waals surface area contributed by atoms with E-state index in [1.54, 1.807) is 24.3 Å². The van der Waals surface area contributed by atoms with Crippen LogP contribution >= 0.6 is 11.6 Å². The van der Waals surface area contributed by atoms with Crippen LogP contribution in [0.5, 0.6) is 0 Å². The lowest BCUT2D eigenvalue weighted by atomic mass is 9.90. The number of hydrogen-bond donors (Lipinski definition) is 2. The summed E-state index contributed by atoms with van der Waals surface area (Å²) in [6.07, 6.45) is 0.897. The summed E-state index contributed by atoms with van der Waals surface area (Å²) in [5, 5.41) is 4.93. The maximum Gasteiger partial charge on any atom is 0.198 e. The van der Waals surface area contributed by atoms with E-state index >= 15 is 0 Å². The third kappa shape index (κ3) is 3.93. The zero-order valence-corrected chi connectivity index (χ0v) is 22.3. The van der Waals surface area contributed by atoms with E-state index in [4.69, 9.17) is 11.6 Å². The van der Waals surface area contributed by atoms with Gasteiger partial charge in [0.2, 0.25) is 0 Å². The summed E-state index contributed by atoms with van der Waals surface area (Å²) in [4.78, 5) is 18.2. The fourth-order valence-electron chi connectivity index (χ4n) is 5.85. The van der Waals surface area contributed by atoms with E-state index in [1.165, 1.54) is 12.1 Å². The fraction of sp³-hybridized carbons (Fsp3) is 0.0882. The molecule has 0 amide bonds. The highest BCUT2D eigenvalue weighted by Gasteiger charge is 2.34. The Labute approximate surface area is 236 Å². The minimum atomic E-state index is -0.307. The van der Waals surface area contributed by atoms with Crippen LogP contribution in [0.15, 0.2) is 103 Å². The Morgan fingerprint density at radius 2 is 1.52 bits per heavy atom. The molecule has 40 heavy (non-hydrogen) atoms. The number of halogens is 2. The van der Waals surface area contributed by atoms with Crippen LogP contribution in [0.4, 0.5) is 10.2 Å². The third-order valence-corrected chi connectivity index (χ3v) is 7.93. The topological polar surface area (TPSA) is 49.8 Å². The lowest BCUT2D eigenvalue weighted by Gasteiger charge is -2.20. The summed E-state index contributed by atoms with van der Waals surface area (Å²) in [5.74, 6) is 0.296. The van der Waals surface area contributed by atoms with E-state index in [0.717, 1.165) is 69.9 Å². The molecule has 0 saturated heterocycles. The zero-order valence-electron chi connectivity index (χ0n) is 21.5. The Morgan fingerprint density at radius 1 is 0.800 bits per heavy atom. The lowest BCUT2D eigenvalue weighted by Crippen LogP contribution is -2.19. The van der Waals surface area contributed by atoms with Crippen LogP contribution < -0.4 is 5.32 Å². The van der Waals surface area contributed by atoms with Crippen LogP contribution in [-0.2, 0) is 6.54 Å². The maximum absolute atomic E-state index is 14.5. The highest BCUT2D eigenvalue weighted by Crippen LogP contribution is 2.49. The number of aromatic nitrogens is 2. The summed E-state index contributed by atoms with van der Waals surface area (Å²) >= 11 is 6.60. The molecule has 6 aromatic rings. The lowest BCUT2D eigenvalue weighted by molar-refractivity contribution is 0.104. The molecule has 0 radical (unpaired) electrons. The molecule has 0 atom stereocenters. The van der Waals surface area contributed by atoms with Crippen molar-refractivity contribution in [2.75, 3.05) is 11.9 Å². The molecule has 0 spiro atoms. The molecule has 2 N–H and O–H groups in total. The van der Waals surface area contributed by atoms with Crippen molar-refractivity contribution in [2.45, 2.75) is 13.0 Å². The summed E-state index contributed by atoms with van der Waals surface area (Å²) in [5.41, 5.74) is 7.34. The quantitative estimate of drug-likeness (QED) is 0.213. The number of H-pyrrole nitrogens is 1. The van der Waals surface area contributed by atoms with Crippen LogP contribution in [0, 0.1) is 5.82 Å². The van der Waals surface area contributed by atoms with Crippen LogP contribution in [0.3, 0.4) is 0 Å². The average molecular weight is 546 g/mol. The molecule has 6 heteroatoms. The van der Waals surface area contributed by atoms with E-state index in [9.17, 15) is 9.18 Å². The minimum absolute atomic E-state index is 0.156. The Bertz CT molecular complexity index is 1890. The molecular formula is C34H25ClFN3O. The first kappa shape index (κ1) is 24.4. The van der Waals surface area contributed by atoms with Crippen molar-refractivity contribution in [3.63, 3.8) is 0 Å². The molecule has 7 rings (SSSR count). The van der Waals surface area contributed by atoms with Gasteiger partial charge in [-0.2, -0.15) is 0 Å². The molecule has 0 saturated carbocycles. The molecule has 3 heterocycles. The number of para-hydroxylation sites is 1. The fourth-order valence-corrected chi connectivity index (χ4v) is 6.07. The molecule has 1 aliphatic heterocycles. The first-order valence-electron chi connectivity index (χ1n) is 13.3. The van der Waals surface area contributed by atoms with Crippen LogP contribution in [0.1, 0.15) is 22.3 Å². The van der Waals surface area contributed by atoms with E-state index < -0.39 is 0 Å². The van der Waals surface area contributed by atoms with E-state index in [0.29, 0.717) is 16.1 Å². The Morgan fingerprint density at radius 3 is 2.33 bits per heavy atom. The standard InChI is InChI=1S/C34H25ClFN3O/c35-26-13-6-4-11-24(26)33(40)30-29(32(22-15-17-23(36)18-16-22)39-20-8-19-37-34(30)39)28-25-12-5-7-14-27(25)38-31(28)21-9-2-1-3-10-21/h1-7,9-18,37-38H,8,19-20H2. The highest BCUT2D eigenvalue weighted by atomic mass is 35.5. The van der Waals surface area contributed by atoms with Gasteiger partial charge in [-0.1, -0.05) is 72.3 Å². The summed E-state index contributed by atoms with van der Waals surface area (Å²) in [7, 11) is 0. The second-order valence-corrected chi connectivity index (χ2v) is 10.4. The van der Waals surface area contributed by atoms with Crippen LogP contribution in [0.2, 0.25) is 5.02 Å². The van der Waals surface area contributed by atoms with Crippen molar-refractivity contribution in [3.8, 4) is 33.6 Å². The van der Waals surface area contributed by atoms with Gasteiger partial charge in [-0.3, -0.25) is 4.79 Å². The number of anilines is 1. The van der Waals surface area contributed by atoms with Crippen molar-refractivity contribution in [1.29, 1.82) is 0 Å². The van der Waals surface area contributed by atoms with Gasteiger partial charge in [0.15, 0.2) is 5.78 Å². The summed E-state index contributed by atoms with van der Waals surface area (Å²) < 4.78 is 16.3. The predicted molar refractivity (Wildman–Crippen MR) is 161 cm³/mol. The number of benzene rings is 4. The first-order chi connectivity index (χ1) is 19.6. The van der Waals surface area contributed by atoms with Gasteiger partial charge in [-0.15, -0.1) is 0 Å². The van der Waals surface area contributed by atoms with Gasteiger partial charge < -0.3 is 14.9 Å². The number of aromatic amines is 1. The number of rotatable bonds is 5. The molecule has 0 unspecified atom stereocenters. The number of nitrogens with zero attached hydrogens (tertiary/aromatic N) is 1. The normalized spacial score (nSPS) is 12.8. The third-order valence-electron chi connectivity index (χ3n) is 7.60. The molecular weight excluding hydrogens is 521 g/mol. The first-order valence-corrected chi connectivity index (χ1v) is 13.7. The SMILES string of the molecule is O=C(c1ccccc1Cl)c1c(-c2c(-c3ccccc3)[nH]c3ccccc23)c(-c2ccc(F)cc2)n2c1NCCC2. The minimum Gasteiger partial charge on any atom is -0.371 e. The summed E-state index contributed by atoms with van der Waals surface area (Å²) in [6.45, 7) is 1.47. The van der Waals surface area contributed by atoms with Gasteiger partial charge in [0.1, 0.15) is 11.6 Å².